The summed E-state index contributed by atoms with van der Waals surface area (Å²) in [6.07, 6.45) is 1.35. The van der Waals surface area contributed by atoms with Gasteiger partial charge >= 0.3 is 0 Å². The van der Waals surface area contributed by atoms with E-state index in [1.165, 1.54) is 11.3 Å². The largest absolute Gasteiger partial charge is 0.393 e. The van der Waals surface area contributed by atoms with Gasteiger partial charge in [0, 0.05) is 20.1 Å². The Hall–Kier alpha value is -1.34. The molecule has 1 heterocycles. The van der Waals surface area contributed by atoms with E-state index >= 15 is 0 Å². The van der Waals surface area contributed by atoms with E-state index in [9.17, 15) is 9.90 Å². The molecule has 21 heavy (non-hydrogen) atoms. The van der Waals surface area contributed by atoms with Gasteiger partial charge in [-0.1, -0.05) is 25.2 Å². The first-order valence-electron chi connectivity index (χ1n) is 7.30. The van der Waals surface area contributed by atoms with Crippen LogP contribution in [0.4, 0.5) is 10.9 Å². The molecule has 1 saturated carbocycles. The van der Waals surface area contributed by atoms with E-state index < -0.39 is 0 Å². The molecule has 0 saturated heterocycles. The molecule has 0 aliphatic heterocycles. The maximum atomic E-state index is 12.4. The molecule has 0 bridgehead atoms. The van der Waals surface area contributed by atoms with E-state index in [1.807, 2.05) is 0 Å². The Bertz CT molecular complexity index is 497. The van der Waals surface area contributed by atoms with Crippen LogP contribution in [-0.2, 0) is 0 Å². The van der Waals surface area contributed by atoms with Gasteiger partial charge in [-0.15, -0.1) is 0 Å². The molecule has 1 aliphatic rings. The average molecular weight is 312 g/mol. The third-order valence-corrected chi connectivity index (χ3v) is 4.62. The number of aliphatic hydroxyl groups is 1. The molecule has 6 nitrogen and oxygen atoms in total. The number of thiazole rings is 1. The van der Waals surface area contributed by atoms with Gasteiger partial charge in [-0.2, -0.15) is 0 Å². The summed E-state index contributed by atoms with van der Waals surface area (Å²) in [5.74, 6) is 1.09. The molecule has 2 rings (SSSR count). The summed E-state index contributed by atoms with van der Waals surface area (Å²) < 4.78 is 0. The zero-order valence-corrected chi connectivity index (χ0v) is 13.6. The minimum absolute atomic E-state index is 0.0935. The van der Waals surface area contributed by atoms with Crippen molar-refractivity contribution < 1.29 is 9.90 Å². The summed E-state index contributed by atoms with van der Waals surface area (Å²) in [5.41, 5.74) is 5.86. The molecule has 1 amide bonds. The second-order valence-corrected chi connectivity index (χ2v) is 7.18. The number of aliphatic hydroxyl groups excluding tert-OH is 1. The van der Waals surface area contributed by atoms with Crippen LogP contribution in [0.3, 0.4) is 0 Å². The highest BCUT2D eigenvalue weighted by Crippen LogP contribution is 2.30. The van der Waals surface area contributed by atoms with Gasteiger partial charge in [0.1, 0.15) is 10.7 Å². The average Bonchev–Trinajstić information content (AvgIpc) is 2.75. The predicted molar refractivity (Wildman–Crippen MR) is 85.5 cm³/mol. The summed E-state index contributed by atoms with van der Waals surface area (Å²) in [6.45, 7) is 5.67. The lowest BCUT2D eigenvalue weighted by Crippen LogP contribution is -2.39. The number of nitrogens with zero attached hydrogens (tertiary/aromatic N) is 2. The zero-order valence-electron chi connectivity index (χ0n) is 12.8. The number of hydrogen-bond donors (Lipinski definition) is 3. The number of nitrogens with one attached hydrogen (secondary N) is 1. The molecule has 1 aromatic heterocycles. The van der Waals surface area contributed by atoms with Crippen molar-refractivity contribution in [3.05, 3.63) is 4.88 Å². The molecule has 1 aliphatic carbocycles. The summed E-state index contributed by atoms with van der Waals surface area (Å²) in [6, 6.07) is 0. The fraction of sp³-hybridized carbons (Fsp3) is 0.714. The van der Waals surface area contributed by atoms with Crippen LogP contribution in [0.15, 0.2) is 0 Å². The van der Waals surface area contributed by atoms with Crippen molar-refractivity contribution in [1.29, 1.82) is 0 Å². The van der Waals surface area contributed by atoms with Crippen molar-refractivity contribution in [2.24, 2.45) is 11.8 Å². The van der Waals surface area contributed by atoms with Crippen LogP contribution in [0.25, 0.3) is 0 Å². The Labute approximate surface area is 129 Å². The van der Waals surface area contributed by atoms with Crippen molar-refractivity contribution in [3.63, 3.8) is 0 Å². The molecule has 1 fully saturated rings. The fourth-order valence-corrected chi connectivity index (χ4v) is 3.23. The lowest BCUT2D eigenvalue weighted by molar-refractivity contribution is 0.0266. The third kappa shape index (κ3) is 4.07. The van der Waals surface area contributed by atoms with Gasteiger partial charge in [0.25, 0.3) is 5.91 Å². The van der Waals surface area contributed by atoms with Gasteiger partial charge in [0.15, 0.2) is 5.13 Å². The highest BCUT2D eigenvalue weighted by Gasteiger charge is 2.30. The second-order valence-electron chi connectivity index (χ2n) is 6.19. The first-order valence-corrected chi connectivity index (χ1v) is 8.12. The summed E-state index contributed by atoms with van der Waals surface area (Å²) in [7, 11) is 1.77. The first-order chi connectivity index (χ1) is 9.86. The Morgan fingerprint density at radius 1 is 1.57 bits per heavy atom. The molecule has 0 radical (unpaired) electrons. The molecule has 0 aromatic carbocycles. The molecule has 0 spiro atoms. The van der Waals surface area contributed by atoms with Gasteiger partial charge in [-0.3, -0.25) is 4.79 Å². The SMILES string of the molecule is CC(C)CNc1nc(N)c(C(=O)N(C)CC2CC(O)C2)s1. The Morgan fingerprint density at radius 3 is 2.81 bits per heavy atom. The third-order valence-electron chi connectivity index (χ3n) is 3.60. The van der Waals surface area contributed by atoms with Crippen LogP contribution < -0.4 is 11.1 Å². The number of anilines is 2. The van der Waals surface area contributed by atoms with E-state index in [4.69, 9.17) is 5.73 Å². The van der Waals surface area contributed by atoms with E-state index in [1.54, 1.807) is 11.9 Å². The molecule has 118 valence electrons. The van der Waals surface area contributed by atoms with Gasteiger partial charge in [-0.25, -0.2) is 4.98 Å². The van der Waals surface area contributed by atoms with Crippen LogP contribution in [-0.4, -0.2) is 47.1 Å². The van der Waals surface area contributed by atoms with Crippen molar-refractivity contribution in [2.45, 2.75) is 32.8 Å². The maximum absolute atomic E-state index is 12.4. The number of carbonyl (C=O) groups is 1. The maximum Gasteiger partial charge on any atom is 0.267 e. The van der Waals surface area contributed by atoms with Gasteiger partial charge < -0.3 is 21.1 Å². The number of hydrogen-bond acceptors (Lipinski definition) is 6. The number of carbonyl (C=O) groups excluding carboxylic acids is 1. The quantitative estimate of drug-likeness (QED) is 0.742. The highest BCUT2D eigenvalue weighted by atomic mass is 32.1. The Kier molecular flexibility index (Phi) is 5.05. The van der Waals surface area contributed by atoms with Gasteiger partial charge in [0.2, 0.25) is 0 Å². The molecule has 0 atom stereocenters. The van der Waals surface area contributed by atoms with E-state index in [-0.39, 0.29) is 17.8 Å². The minimum Gasteiger partial charge on any atom is -0.393 e. The first kappa shape index (κ1) is 16.0. The molecular weight excluding hydrogens is 288 g/mol. The topological polar surface area (TPSA) is 91.5 Å². The predicted octanol–water partition coefficient (Wildman–Crippen LogP) is 1.64. The summed E-state index contributed by atoms with van der Waals surface area (Å²) >= 11 is 1.30. The lowest BCUT2D eigenvalue weighted by Gasteiger charge is -2.34. The molecular formula is C14H24N4O2S. The van der Waals surface area contributed by atoms with Gasteiger partial charge in [-0.05, 0) is 24.7 Å². The number of nitrogens with two attached hydrogens (primary N) is 1. The highest BCUT2D eigenvalue weighted by molar-refractivity contribution is 7.18. The number of rotatable bonds is 6. The van der Waals surface area contributed by atoms with Crippen LogP contribution >= 0.6 is 11.3 Å². The van der Waals surface area contributed by atoms with Crippen LogP contribution in [0, 0.1) is 11.8 Å². The van der Waals surface area contributed by atoms with E-state index in [0.717, 1.165) is 19.4 Å². The normalized spacial score (nSPS) is 21.2. The monoisotopic (exact) mass is 312 g/mol. The Morgan fingerprint density at radius 2 is 2.24 bits per heavy atom. The van der Waals surface area contributed by atoms with E-state index in [0.29, 0.717) is 28.4 Å². The van der Waals surface area contributed by atoms with Crippen molar-refractivity contribution >= 4 is 28.2 Å². The minimum atomic E-state index is -0.196. The summed E-state index contributed by atoms with van der Waals surface area (Å²) in [5, 5.41) is 13.2. The van der Waals surface area contributed by atoms with Crippen LogP contribution in [0.2, 0.25) is 0 Å². The van der Waals surface area contributed by atoms with E-state index in [2.05, 4.69) is 24.1 Å². The van der Waals surface area contributed by atoms with Gasteiger partial charge in [0.05, 0.1) is 6.10 Å². The Balaban J connectivity index is 1.94. The van der Waals surface area contributed by atoms with Crippen LogP contribution in [0.5, 0.6) is 0 Å². The molecule has 7 heteroatoms. The molecule has 1 aromatic rings. The van der Waals surface area contributed by atoms with Crippen LogP contribution in [0.1, 0.15) is 36.4 Å². The molecule has 4 N–H and O–H groups in total. The molecule has 0 unspecified atom stereocenters. The van der Waals surface area contributed by atoms with Crippen molar-refractivity contribution in [2.75, 3.05) is 31.2 Å². The zero-order chi connectivity index (χ0) is 15.6. The number of nitrogen functional groups attached to an aromatic ring is 1. The summed E-state index contributed by atoms with van der Waals surface area (Å²) in [4.78, 5) is 18.8. The number of aromatic nitrogens is 1. The van der Waals surface area contributed by atoms with Crippen molar-refractivity contribution in [3.8, 4) is 0 Å². The lowest BCUT2D eigenvalue weighted by atomic mass is 9.82. The standard InChI is InChI=1S/C14H24N4O2S/c1-8(2)6-16-14-17-12(15)11(21-14)13(20)18(3)7-9-4-10(19)5-9/h8-10,19H,4-7,15H2,1-3H3,(H,16,17). The fourth-order valence-electron chi connectivity index (χ4n) is 2.35. The smallest absolute Gasteiger partial charge is 0.267 e. The second kappa shape index (κ2) is 6.62. The van der Waals surface area contributed by atoms with Crippen molar-refractivity contribution in [1.82, 2.24) is 9.88 Å². The number of amides is 1.